The van der Waals surface area contributed by atoms with E-state index in [0.717, 1.165) is 5.56 Å². The van der Waals surface area contributed by atoms with Gasteiger partial charge in [0, 0.05) is 6.42 Å². The van der Waals surface area contributed by atoms with Crippen molar-refractivity contribution in [2.45, 2.75) is 43.8 Å². The van der Waals surface area contributed by atoms with E-state index in [0.29, 0.717) is 28.7 Å². The molecule has 0 aliphatic carbocycles. The minimum Gasteiger partial charge on any atom is -0.480 e. The predicted molar refractivity (Wildman–Crippen MR) is 111 cm³/mol. The highest BCUT2D eigenvalue weighted by molar-refractivity contribution is 5.97. The normalized spacial score (nSPS) is 18.8. The minimum absolute atomic E-state index is 0.100. The smallest absolute Gasteiger partial charge is 0.414 e. The van der Waals surface area contributed by atoms with Gasteiger partial charge >= 0.3 is 12.1 Å². The number of hydrogen-bond donors (Lipinski definition) is 3. The van der Waals surface area contributed by atoms with Gasteiger partial charge in [0.1, 0.15) is 18.4 Å². The number of carbonyl (C=O) groups is 4. The van der Waals surface area contributed by atoms with E-state index in [-0.39, 0.29) is 19.3 Å². The molecule has 8 nitrogen and oxygen atoms in total. The number of aldehydes is 1. The number of amides is 2. The summed E-state index contributed by atoms with van der Waals surface area (Å²) in [7, 11) is 0. The average molecular weight is 424 g/mol. The third-order valence-corrected chi connectivity index (χ3v) is 5.46. The van der Waals surface area contributed by atoms with Crippen LogP contribution < -0.4 is 5.32 Å². The number of aryl methyl sites for hydroxylation is 1. The first kappa shape index (κ1) is 22.2. The molecule has 0 radical (unpaired) electrons. The maximum absolute atomic E-state index is 13.1. The highest BCUT2D eigenvalue weighted by atomic mass is 16.4. The van der Waals surface area contributed by atoms with Crippen LogP contribution in [-0.2, 0) is 20.8 Å². The fraction of sp³-hybridized carbons (Fsp3) is 0.304. The number of nitrogens with zero attached hydrogens (tertiary/aromatic N) is 1. The Kier molecular flexibility index (Phi) is 7.15. The van der Waals surface area contributed by atoms with E-state index < -0.39 is 36.1 Å². The summed E-state index contributed by atoms with van der Waals surface area (Å²) in [6.45, 7) is 0. The molecular weight excluding hydrogens is 400 g/mol. The molecule has 3 N–H and O–H groups in total. The highest BCUT2D eigenvalue weighted by Gasteiger charge is 2.43. The second-order valence-electron chi connectivity index (χ2n) is 7.39. The van der Waals surface area contributed by atoms with Crippen LogP contribution in [0, 0.1) is 0 Å². The summed E-state index contributed by atoms with van der Waals surface area (Å²) in [5, 5.41) is 22.3. The summed E-state index contributed by atoms with van der Waals surface area (Å²) in [5.74, 6) is -1.86. The highest BCUT2D eigenvalue weighted by Crippen LogP contribution is 2.38. The summed E-state index contributed by atoms with van der Waals surface area (Å²) < 4.78 is 0. The monoisotopic (exact) mass is 424 g/mol. The van der Waals surface area contributed by atoms with Crippen molar-refractivity contribution in [3.8, 4) is 0 Å². The molecular formula is C23H24N2O6. The quantitative estimate of drug-likeness (QED) is 0.529. The maximum Gasteiger partial charge on any atom is 0.414 e. The predicted octanol–water partition coefficient (Wildman–Crippen LogP) is 2.94. The van der Waals surface area contributed by atoms with Gasteiger partial charge in [0.05, 0.1) is 6.04 Å². The fourth-order valence-electron chi connectivity index (χ4n) is 3.98. The molecule has 3 unspecified atom stereocenters. The van der Waals surface area contributed by atoms with Crippen molar-refractivity contribution in [3.05, 3.63) is 71.3 Å². The van der Waals surface area contributed by atoms with Gasteiger partial charge < -0.3 is 15.0 Å². The number of carboxylic acid groups (broad SMARTS) is 2. The number of rotatable bonds is 9. The number of aliphatic carboxylic acids is 1. The van der Waals surface area contributed by atoms with Crippen LogP contribution in [0.2, 0.25) is 0 Å². The van der Waals surface area contributed by atoms with Crippen molar-refractivity contribution in [3.63, 3.8) is 0 Å². The third-order valence-electron chi connectivity index (χ3n) is 5.46. The Balaban J connectivity index is 1.90. The Labute approximate surface area is 179 Å². The van der Waals surface area contributed by atoms with E-state index in [1.165, 1.54) is 0 Å². The molecule has 3 rings (SSSR count). The van der Waals surface area contributed by atoms with Crippen LogP contribution in [-0.4, -0.2) is 45.4 Å². The van der Waals surface area contributed by atoms with Gasteiger partial charge in [-0.05, 0) is 36.0 Å². The van der Waals surface area contributed by atoms with Gasteiger partial charge in [-0.2, -0.15) is 0 Å². The van der Waals surface area contributed by atoms with Crippen LogP contribution in [0.4, 0.5) is 4.79 Å². The lowest BCUT2D eigenvalue weighted by Gasteiger charge is -2.39. The summed E-state index contributed by atoms with van der Waals surface area (Å²) in [6, 6.07) is 13.3. The fourth-order valence-corrected chi connectivity index (χ4v) is 3.98. The van der Waals surface area contributed by atoms with Crippen LogP contribution in [0.15, 0.2) is 54.6 Å². The lowest BCUT2D eigenvalue weighted by atomic mass is 9.86. The van der Waals surface area contributed by atoms with Crippen LogP contribution in [0.25, 0.3) is 0 Å². The first-order valence-corrected chi connectivity index (χ1v) is 10.0. The molecule has 0 saturated heterocycles. The first-order chi connectivity index (χ1) is 14.9. The van der Waals surface area contributed by atoms with E-state index in [1.54, 1.807) is 24.3 Å². The maximum atomic E-state index is 13.1. The molecule has 2 amide bonds. The second-order valence-corrected chi connectivity index (χ2v) is 7.39. The van der Waals surface area contributed by atoms with Crippen molar-refractivity contribution in [2.24, 2.45) is 0 Å². The van der Waals surface area contributed by atoms with Gasteiger partial charge in [-0.1, -0.05) is 54.6 Å². The molecule has 0 fully saturated rings. The van der Waals surface area contributed by atoms with E-state index in [9.17, 15) is 29.4 Å². The van der Waals surface area contributed by atoms with Gasteiger partial charge in [0.2, 0.25) is 0 Å². The molecule has 0 aromatic heterocycles. The Morgan fingerprint density at radius 2 is 1.68 bits per heavy atom. The van der Waals surface area contributed by atoms with Crippen molar-refractivity contribution in [1.82, 2.24) is 10.2 Å². The summed E-state index contributed by atoms with van der Waals surface area (Å²) in [6.07, 6.45) is 0.232. The average Bonchev–Trinajstić information content (AvgIpc) is 2.76. The molecule has 0 saturated carbocycles. The van der Waals surface area contributed by atoms with E-state index >= 15 is 0 Å². The number of nitrogens with one attached hydrogen (secondary N) is 1. The van der Waals surface area contributed by atoms with Gasteiger partial charge in [0.25, 0.3) is 5.91 Å². The Bertz CT molecular complexity index is 962. The number of carboxylic acids is 1. The van der Waals surface area contributed by atoms with E-state index in [2.05, 4.69) is 5.32 Å². The number of hydrogen-bond acceptors (Lipinski definition) is 5. The zero-order valence-electron chi connectivity index (χ0n) is 16.8. The van der Waals surface area contributed by atoms with Gasteiger partial charge in [-0.25, -0.2) is 9.69 Å². The Morgan fingerprint density at radius 1 is 1.03 bits per heavy atom. The molecule has 1 aliphatic rings. The second kappa shape index (κ2) is 9.99. The van der Waals surface area contributed by atoms with Crippen LogP contribution >= 0.6 is 0 Å². The SMILES string of the molecule is O=CCCC1c2ccccc2C(NC(CCc2ccccc2)C(=O)O)C(=O)N1C(=O)O. The molecule has 0 spiro atoms. The largest absolute Gasteiger partial charge is 0.480 e. The molecule has 3 atom stereocenters. The first-order valence-electron chi connectivity index (χ1n) is 10.0. The van der Waals surface area contributed by atoms with Crippen molar-refractivity contribution in [2.75, 3.05) is 0 Å². The molecule has 1 aliphatic heterocycles. The van der Waals surface area contributed by atoms with E-state index in [4.69, 9.17) is 0 Å². The topological polar surface area (TPSA) is 124 Å². The summed E-state index contributed by atoms with van der Waals surface area (Å²) in [4.78, 5) is 48.5. The van der Waals surface area contributed by atoms with E-state index in [1.807, 2.05) is 30.3 Å². The minimum atomic E-state index is -1.43. The summed E-state index contributed by atoms with van der Waals surface area (Å²) in [5.41, 5.74) is 2.09. The lowest BCUT2D eigenvalue weighted by molar-refractivity contribution is -0.141. The molecule has 1 heterocycles. The molecule has 2 aromatic rings. The number of fused-ring (bicyclic) bond motifs is 1. The third kappa shape index (κ3) is 4.97. The van der Waals surface area contributed by atoms with Gasteiger partial charge in [-0.15, -0.1) is 0 Å². The standard InChI is InChI=1S/C23H24N2O6/c26-14-6-11-19-16-9-4-5-10-17(16)20(21(27)25(19)23(30)31)24-18(22(28)29)13-12-15-7-2-1-3-8-15/h1-5,7-10,14,18-20,24H,6,11-13H2,(H,28,29)(H,30,31). The lowest BCUT2D eigenvalue weighted by Crippen LogP contribution is -2.52. The molecule has 162 valence electrons. The zero-order valence-corrected chi connectivity index (χ0v) is 16.8. The van der Waals surface area contributed by atoms with Crippen LogP contribution in [0.3, 0.4) is 0 Å². The zero-order chi connectivity index (χ0) is 22.4. The van der Waals surface area contributed by atoms with Gasteiger partial charge in [-0.3, -0.25) is 14.9 Å². The molecule has 0 bridgehead atoms. The molecule has 31 heavy (non-hydrogen) atoms. The Morgan fingerprint density at radius 3 is 2.29 bits per heavy atom. The van der Waals surface area contributed by atoms with Crippen molar-refractivity contribution in [1.29, 1.82) is 0 Å². The summed E-state index contributed by atoms with van der Waals surface area (Å²) >= 11 is 0. The number of imide groups is 1. The number of benzene rings is 2. The van der Waals surface area contributed by atoms with Crippen LogP contribution in [0.5, 0.6) is 0 Å². The Hall–Kier alpha value is -3.52. The van der Waals surface area contributed by atoms with Crippen LogP contribution in [0.1, 0.15) is 48.0 Å². The van der Waals surface area contributed by atoms with Crippen molar-refractivity contribution < 1.29 is 29.4 Å². The van der Waals surface area contributed by atoms with Crippen molar-refractivity contribution >= 4 is 24.3 Å². The molecule has 2 aromatic carbocycles. The van der Waals surface area contributed by atoms with Gasteiger partial charge in [0.15, 0.2) is 0 Å². The number of carbonyl (C=O) groups excluding carboxylic acids is 2. The molecule has 8 heteroatoms.